The number of hydrogen-bond acceptors (Lipinski definition) is 4. The lowest BCUT2D eigenvalue weighted by Crippen LogP contribution is -2.48. The summed E-state index contributed by atoms with van der Waals surface area (Å²) in [7, 11) is 1.37. The number of aryl methyl sites for hydroxylation is 2. The Balaban J connectivity index is 2.16. The Morgan fingerprint density at radius 1 is 1.18 bits per heavy atom. The molecule has 142 valence electrons. The van der Waals surface area contributed by atoms with Crippen molar-refractivity contribution < 1.29 is 9.53 Å². The first-order valence-electron chi connectivity index (χ1n) is 8.84. The van der Waals surface area contributed by atoms with Crippen LogP contribution in [-0.4, -0.2) is 18.2 Å². The monoisotopic (exact) mass is 391 g/mol. The van der Waals surface area contributed by atoms with Crippen molar-refractivity contribution in [2.24, 2.45) is 0 Å². The van der Waals surface area contributed by atoms with Gasteiger partial charge in [0.05, 0.1) is 36.0 Å². The Hall–Kier alpha value is -3.17. The summed E-state index contributed by atoms with van der Waals surface area (Å²) >= 11 is 5.67. The molecule has 3 rings (SSSR count). The number of thiocarbonyl (C=S) groups is 1. The van der Waals surface area contributed by atoms with Gasteiger partial charge in [0.1, 0.15) is 0 Å². The van der Waals surface area contributed by atoms with Crippen molar-refractivity contribution in [2.45, 2.75) is 26.8 Å². The van der Waals surface area contributed by atoms with Gasteiger partial charge in [0, 0.05) is 5.70 Å². The van der Waals surface area contributed by atoms with Crippen LogP contribution < -0.4 is 10.2 Å². The van der Waals surface area contributed by atoms with Crippen molar-refractivity contribution in [3.63, 3.8) is 0 Å². The van der Waals surface area contributed by atoms with Crippen LogP contribution in [0.1, 0.15) is 35.2 Å². The molecule has 1 heterocycles. The molecule has 1 N–H and O–H groups in total. The number of hydrogen-bond donors (Lipinski definition) is 1. The van der Waals surface area contributed by atoms with E-state index in [-0.39, 0.29) is 0 Å². The molecule has 0 aliphatic carbocycles. The van der Waals surface area contributed by atoms with Crippen molar-refractivity contribution in [1.82, 2.24) is 5.32 Å². The lowest BCUT2D eigenvalue weighted by Gasteiger charge is -2.38. The Bertz CT molecular complexity index is 1020. The summed E-state index contributed by atoms with van der Waals surface area (Å²) in [4.78, 5) is 14.6. The fraction of sp³-hybridized carbons (Fsp3) is 0.227. The fourth-order valence-corrected chi connectivity index (χ4v) is 3.72. The average Bonchev–Trinajstić information content (AvgIpc) is 2.69. The number of anilines is 1. The first-order valence-corrected chi connectivity index (χ1v) is 9.25. The van der Waals surface area contributed by atoms with E-state index < -0.39 is 12.0 Å². The highest BCUT2D eigenvalue weighted by Crippen LogP contribution is 2.35. The summed E-state index contributed by atoms with van der Waals surface area (Å²) in [5, 5.41) is 12.8. The zero-order chi connectivity index (χ0) is 20.4. The molecule has 2 aromatic rings. The Morgan fingerprint density at radius 3 is 2.46 bits per heavy atom. The van der Waals surface area contributed by atoms with Gasteiger partial charge < -0.3 is 10.1 Å². The number of benzene rings is 2. The van der Waals surface area contributed by atoms with Crippen LogP contribution in [0, 0.1) is 25.2 Å². The molecule has 2 aromatic carbocycles. The van der Waals surface area contributed by atoms with Crippen molar-refractivity contribution in [2.75, 3.05) is 12.0 Å². The number of nitrogens with one attached hydrogen (secondary N) is 1. The average molecular weight is 391 g/mol. The van der Waals surface area contributed by atoms with E-state index in [1.807, 2.05) is 56.0 Å². The lowest BCUT2D eigenvalue weighted by atomic mass is 9.94. The van der Waals surface area contributed by atoms with E-state index in [9.17, 15) is 4.79 Å². The number of ether oxygens (including phenoxy) is 1. The molecule has 1 aliphatic rings. The third kappa shape index (κ3) is 3.49. The first-order chi connectivity index (χ1) is 13.4. The molecule has 6 heteroatoms. The van der Waals surface area contributed by atoms with E-state index >= 15 is 0 Å². The zero-order valence-corrected chi connectivity index (χ0v) is 17.1. The fourth-order valence-electron chi connectivity index (χ4n) is 3.37. The van der Waals surface area contributed by atoms with E-state index in [0.717, 1.165) is 28.1 Å². The van der Waals surface area contributed by atoms with Gasteiger partial charge in [-0.2, -0.15) is 5.26 Å². The number of allylic oxidation sites excluding steroid dienone is 1. The van der Waals surface area contributed by atoms with Crippen LogP contribution in [-0.2, 0) is 9.53 Å². The van der Waals surface area contributed by atoms with Gasteiger partial charge in [-0.25, -0.2) is 4.79 Å². The summed E-state index contributed by atoms with van der Waals surface area (Å²) < 4.78 is 5.07. The number of nitriles is 1. The number of esters is 1. The second kappa shape index (κ2) is 7.83. The molecule has 0 aromatic heterocycles. The van der Waals surface area contributed by atoms with Crippen LogP contribution in [0.3, 0.4) is 0 Å². The van der Waals surface area contributed by atoms with Gasteiger partial charge in [-0.05, 0) is 67.9 Å². The normalized spacial score (nSPS) is 16.5. The molecule has 1 aliphatic heterocycles. The van der Waals surface area contributed by atoms with Crippen LogP contribution in [0.4, 0.5) is 5.69 Å². The molecule has 0 amide bonds. The second-order valence-electron chi connectivity index (χ2n) is 6.73. The summed E-state index contributed by atoms with van der Waals surface area (Å²) in [5.74, 6) is -0.419. The highest BCUT2D eigenvalue weighted by Gasteiger charge is 2.35. The minimum absolute atomic E-state index is 0.419. The minimum atomic E-state index is -0.450. The third-order valence-electron chi connectivity index (χ3n) is 4.87. The molecule has 0 spiro atoms. The molecule has 0 fully saturated rings. The van der Waals surface area contributed by atoms with Crippen molar-refractivity contribution in [3.8, 4) is 6.07 Å². The Labute approximate surface area is 170 Å². The second-order valence-corrected chi connectivity index (χ2v) is 7.12. The molecule has 0 saturated heterocycles. The van der Waals surface area contributed by atoms with Crippen LogP contribution in [0.5, 0.6) is 0 Å². The van der Waals surface area contributed by atoms with E-state index in [0.29, 0.717) is 16.2 Å². The number of carbonyl (C=O) groups excluding carboxylic acids is 1. The molecule has 0 saturated carbocycles. The number of rotatable bonds is 3. The van der Waals surface area contributed by atoms with Crippen LogP contribution in [0.25, 0.3) is 0 Å². The van der Waals surface area contributed by atoms with Crippen LogP contribution in [0.15, 0.2) is 53.7 Å². The zero-order valence-electron chi connectivity index (χ0n) is 16.2. The minimum Gasteiger partial charge on any atom is -0.466 e. The maximum absolute atomic E-state index is 12.7. The predicted molar refractivity (Wildman–Crippen MR) is 113 cm³/mol. The number of carbonyl (C=O) groups is 1. The highest BCUT2D eigenvalue weighted by atomic mass is 32.1. The van der Waals surface area contributed by atoms with E-state index in [1.165, 1.54) is 7.11 Å². The van der Waals surface area contributed by atoms with Gasteiger partial charge in [-0.1, -0.05) is 24.3 Å². The SMILES string of the molecule is COC(=O)C1=C(C)N(c2cc(C)ccc2C)C(=S)NC1c1ccc(C#N)cc1. The largest absolute Gasteiger partial charge is 0.466 e. The van der Waals surface area contributed by atoms with Gasteiger partial charge in [-0.15, -0.1) is 0 Å². The molecule has 5 nitrogen and oxygen atoms in total. The molecular formula is C22H21N3O2S. The topological polar surface area (TPSA) is 65.4 Å². The summed E-state index contributed by atoms with van der Waals surface area (Å²) in [6.07, 6.45) is 0. The lowest BCUT2D eigenvalue weighted by molar-refractivity contribution is -0.136. The van der Waals surface area contributed by atoms with Gasteiger partial charge in [0.2, 0.25) is 0 Å². The maximum atomic E-state index is 12.7. The molecule has 1 atom stereocenters. The smallest absolute Gasteiger partial charge is 0.337 e. The van der Waals surface area contributed by atoms with Gasteiger partial charge in [0.25, 0.3) is 0 Å². The van der Waals surface area contributed by atoms with Gasteiger partial charge >= 0.3 is 5.97 Å². The van der Waals surface area contributed by atoms with E-state index in [1.54, 1.807) is 12.1 Å². The molecule has 1 unspecified atom stereocenters. The van der Waals surface area contributed by atoms with Gasteiger partial charge in [0.15, 0.2) is 5.11 Å². The van der Waals surface area contributed by atoms with Crippen molar-refractivity contribution in [1.29, 1.82) is 5.26 Å². The van der Waals surface area contributed by atoms with Crippen LogP contribution >= 0.6 is 12.2 Å². The number of methoxy groups -OCH3 is 1. The molecule has 0 radical (unpaired) electrons. The Morgan fingerprint density at radius 2 is 1.86 bits per heavy atom. The summed E-state index contributed by atoms with van der Waals surface area (Å²) in [6, 6.07) is 14.9. The van der Waals surface area contributed by atoms with Crippen molar-refractivity contribution in [3.05, 3.63) is 76.0 Å². The molecule has 28 heavy (non-hydrogen) atoms. The van der Waals surface area contributed by atoms with Gasteiger partial charge in [-0.3, -0.25) is 4.90 Å². The third-order valence-corrected chi connectivity index (χ3v) is 5.17. The first kappa shape index (κ1) is 19.6. The van der Waals surface area contributed by atoms with Crippen LogP contribution in [0.2, 0.25) is 0 Å². The van der Waals surface area contributed by atoms with Crippen molar-refractivity contribution >= 4 is 29.0 Å². The maximum Gasteiger partial charge on any atom is 0.337 e. The summed E-state index contributed by atoms with van der Waals surface area (Å²) in [5.41, 5.74) is 5.68. The Kier molecular flexibility index (Phi) is 5.48. The quantitative estimate of drug-likeness (QED) is 0.629. The van der Waals surface area contributed by atoms with E-state index in [2.05, 4.69) is 11.4 Å². The molecule has 0 bridgehead atoms. The predicted octanol–water partition coefficient (Wildman–Crippen LogP) is 4.06. The van der Waals surface area contributed by atoms with E-state index in [4.69, 9.17) is 22.2 Å². The number of nitrogens with zero attached hydrogens (tertiary/aromatic N) is 2. The molecular weight excluding hydrogens is 370 g/mol. The standard InChI is InChI=1S/C22H21N3O2S/c1-13-5-6-14(2)18(11-13)25-15(3)19(21(26)27-4)20(24-22(25)28)17-9-7-16(12-23)8-10-17/h5-11,20H,1-4H3,(H,24,28). The summed E-state index contributed by atoms with van der Waals surface area (Å²) in [6.45, 7) is 5.90. The highest BCUT2D eigenvalue weighted by molar-refractivity contribution is 7.80.